The summed E-state index contributed by atoms with van der Waals surface area (Å²) < 4.78 is 60.7. The number of aliphatic carboxylic acids is 1. The molecule has 1 atom stereocenters. The van der Waals surface area contributed by atoms with E-state index < -0.39 is 38.5 Å². The highest BCUT2D eigenvalue weighted by atomic mass is 35.5. The molecular formula is C10H8ClF3O4S. The molecule has 1 rings (SSSR count). The van der Waals surface area contributed by atoms with Crippen LogP contribution in [0.4, 0.5) is 13.2 Å². The van der Waals surface area contributed by atoms with Gasteiger partial charge in [-0.15, -0.1) is 0 Å². The van der Waals surface area contributed by atoms with E-state index in [1.54, 1.807) is 0 Å². The number of halogens is 4. The van der Waals surface area contributed by atoms with Gasteiger partial charge in [-0.1, -0.05) is 17.7 Å². The van der Waals surface area contributed by atoms with Gasteiger partial charge in [-0.25, -0.2) is 8.42 Å². The largest absolute Gasteiger partial charge is 0.481 e. The normalized spacial score (nSPS) is 14.1. The summed E-state index contributed by atoms with van der Waals surface area (Å²) in [5.41, 5.74) is 0. The summed E-state index contributed by atoms with van der Waals surface area (Å²) in [6.07, 6.45) is -5.14. The van der Waals surface area contributed by atoms with Crippen molar-refractivity contribution in [1.29, 1.82) is 0 Å². The van der Waals surface area contributed by atoms with E-state index in [4.69, 9.17) is 16.7 Å². The van der Waals surface area contributed by atoms with Crippen LogP contribution in [0.1, 0.15) is 0 Å². The Kier molecular flexibility index (Phi) is 4.46. The fraction of sp³-hybridized carbons (Fsp3) is 0.300. The van der Waals surface area contributed by atoms with Crippen molar-refractivity contribution in [3.05, 3.63) is 29.3 Å². The fourth-order valence-electron chi connectivity index (χ4n) is 1.28. The lowest BCUT2D eigenvalue weighted by atomic mass is 10.2. The topological polar surface area (TPSA) is 71.4 Å². The molecule has 1 unspecified atom stereocenters. The van der Waals surface area contributed by atoms with Crippen LogP contribution < -0.4 is 0 Å². The van der Waals surface area contributed by atoms with Crippen molar-refractivity contribution in [2.45, 2.75) is 11.1 Å². The maximum Gasteiger partial charge on any atom is 0.403 e. The molecule has 9 heteroatoms. The van der Waals surface area contributed by atoms with Gasteiger partial charge in [0.1, 0.15) is 0 Å². The molecule has 0 radical (unpaired) electrons. The molecule has 0 saturated heterocycles. The standard InChI is InChI=1S/C10H8ClF3O4S/c11-6-2-1-3-7(4-6)19(17,18)5-8(9(15)16)10(12,13)14/h1-4,8H,5H2,(H,15,16). The molecule has 1 N–H and O–H groups in total. The van der Waals surface area contributed by atoms with Crippen molar-refractivity contribution < 1.29 is 31.5 Å². The minimum absolute atomic E-state index is 0.0277. The Labute approximate surface area is 111 Å². The first-order valence-corrected chi connectivity index (χ1v) is 6.85. The maximum absolute atomic E-state index is 12.4. The molecule has 0 bridgehead atoms. The van der Waals surface area contributed by atoms with Crippen molar-refractivity contribution in [3.8, 4) is 0 Å². The summed E-state index contributed by atoms with van der Waals surface area (Å²) in [5, 5.41) is 8.49. The molecule has 4 nitrogen and oxygen atoms in total. The fourth-order valence-corrected chi connectivity index (χ4v) is 3.09. The van der Waals surface area contributed by atoms with Gasteiger partial charge in [0, 0.05) is 5.02 Å². The maximum atomic E-state index is 12.4. The zero-order valence-electron chi connectivity index (χ0n) is 9.19. The van der Waals surface area contributed by atoms with Gasteiger partial charge < -0.3 is 5.11 Å². The van der Waals surface area contributed by atoms with Crippen LogP contribution in [0, 0.1) is 5.92 Å². The van der Waals surface area contributed by atoms with Crippen molar-refractivity contribution in [1.82, 2.24) is 0 Å². The molecule has 0 saturated carbocycles. The lowest BCUT2D eigenvalue weighted by Crippen LogP contribution is -2.36. The molecule has 0 fully saturated rings. The zero-order valence-corrected chi connectivity index (χ0v) is 10.8. The van der Waals surface area contributed by atoms with Gasteiger partial charge in [-0.05, 0) is 18.2 Å². The number of carboxylic acid groups (broad SMARTS) is 1. The summed E-state index contributed by atoms with van der Waals surface area (Å²) in [4.78, 5) is 10.1. The number of carbonyl (C=O) groups is 1. The second kappa shape index (κ2) is 5.38. The summed E-state index contributed by atoms with van der Waals surface area (Å²) in [6.45, 7) is 0. The molecule has 19 heavy (non-hydrogen) atoms. The molecular weight excluding hydrogens is 309 g/mol. The molecule has 0 heterocycles. The molecule has 1 aromatic carbocycles. The Balaban J connectivity index is 3.12. The number of sulfone groups is 1. The Bertz CT molecular complexity index is 583. The second-order valence-electron chi connectivity index (χ2n) is 3.67. The monoisotopic (exact) mass is 316 g/mol. The minimum atomic E-state index is -5.14. The summed E-state index contributed by atoms with van der Waals surface area (Å²) in [6, 6.07) is 4.61. The molecule has 0 aromatic heterocycles. The van der Waals surface area contributed by atoms with Crippen molar-refractivity contribution in [2.24, 2.45) is 5.92 Å². The van der Waals surface area contributed by atoms with Gasteiger partial charge in [-0.2, -0.15) is 13.2 Å². The second-order valence-corrected chi connectivity index (χ2v) is 6.14. The van der Waals surface area contributed by atoms with Gasteiger partial charge in [0.05, 0.1) is 10.6 Å². The highest BCUT2D eigenvalue weighted by molar-refractivity contribution is 7.91. The van der Waals surface area contributed by atoms with Crippen LogP contribution in [0.2, 0.25) is 5.02 Å². The number of rotatable bonds is 4. The predicted molar refractivity (Wildman–Crippen MR) is 60.7 cm³/mol. The molecule has 0 spiro atoms. The van der Waals surface area contributed by atoms with Crippen LogP contribution in [0.3, 0.4) is 0 Å². The number of benzene rings is 1. The lowest BCUT2D eigenvalue weighted by molar-refractivity contribution is -0.189. The van der Waals surface area contributed by atoms with Crippen LogP contribution in [0.15, 0.2) is 29.2 Å². The van der Waals surface area contributed by atoms with Crippen molar-refractivity contribution >= 4 is 27.4 Å². The molecule has 106 valence electrons. The quantitative estimate of drug-likeness (QED) is 0.925. The van der Waals surface area contributed by atoms with Crippen LogP contribution in [0.5, 0.6) is 0 Å². The first-order valence-electron chi connectivity index (χ1n) is 4.82. The lowest BCUT2D eigenvalue weighted by Gasteiger charge is -2.16. The zero-order chi connectivity index (χ0) is 14.8. The van der Waals surface area contributed by atoms with Crippen LogP contribution in [-0.2, 0) is 14.6 Å². The van der Waals surface area contributed by atoms with Crippen LogP contribution in [0.25, 0.3) is 0 Å². The van der Waals surface area contributed by atoms with E-state index in [1.807, 2.05) is 0 Å². The van der Waals surface area contributed by atoms with Crippen molar-refractivity contribution in [3.63, 3.8) is 0 Å². The van der Waals surface area contributed by atoms with Crippen LogP contribution >= 0.6 is 11.6 Å². The van der Waals surface area contributed by atoms with E-state index in [0.717, 1.165) is 12.1 Å². The smallest absolute Gasteiger partial charge is 0.403 e. The number of alkyl halides is 3. The van der Waals surface area contributed by atoms with E-state index in [-0.39, 0.29) is 5.02 Å². The van der Waals surface area contributed by atoms with Gasteiger partial charge in [0.2, 0.25) is 0 Å². The Hall–Kier alpha value is -1.28. The van der Waals surface area contributed by atoms with E-state index in [0.29, 0.717) is 0 Å². The third-order valence-corrected chi connectivity index (χ3v) is 4.21. The van der Waals surface area contributed by atoms with E-state index in [1.165, 1.54) is 12.1 Å². The SMILES string of the molecule is O=C(O)C(CS(=O)(=O)c1cccc(Cl)c1)C(F)(F)F. The Morgan fingerprint density at radius 1 is 1.37 bits per heavy atom. The van der Waals surface area contributed by atoms with Gasteiger partial charge in [-0.3, -0.25) is 4.79 Å². The molecule has 1 aromatic rings. The van der Waals surface area contributed by atoms with Gasteiger partial charge in [0.15, 0.2) is 15.8 Å². The van der Waals surface area contributed by atoms with Gasteiger partial charge in [0.25, 0.3) is 0 Å². The third-order valence-electron chi connectivity index (χ3n) is 2.23. The van der Waals surface area contributed by atoms with Gasteiger partial charge >= 0.3 is 12.1 Å². The van der Waals surface area contributed by atoms with Crippen LogP contribution in [-0.4, -0.2) is 31.4 Å². The van der Waals surface area contributed by atoms with E-state index >= 15 is 0 Å². The molecule has 0 amide bonds. The third kappa shape index (κ3) is 4.10. The number of carboxylic acids is 1. The van der Waals surface area contributed by atoms with Crippen molar-refractivity contribution in [2.75, 3.05) is 5.75 Å². The molecule has 0 aliphatic carbocycles. The van der Waals surface area contributed by atoms with E-state index in [2.05, 4.69) is 0 Å². The Morgan fingerprint density at radius 2 is 1.95 bits per heavy atom. The highest BCUT2D eigenvalue weighted by Gasteiger charge is 2.47. The summed E-state index contributed by atoms with van der Waals surface area (Å²) in [7, 11) is -4.40. The molecule has 0 aliphatic heterocycles. The summed E-state index contributed by atoms with van der Waals surface area (Å²) in [5.74, 6) is -6.78. The average Bonchev–Trinajstić information content (AvgIpc) is 2.24. The first kappa shape index (κ1) is 15.8. The molecule has 0 aliphatic rings. The predicted octanol–water partition coefficient (Wildman–Crippen LogP) is 2.38. The highest BCUT2D eigenvalue weighted by Crippen LogP contribution is 2.29. The minimum Gasteiger partial charge on any atom is -0.481 e. The number of hydrogen-bond donors (Lipinski definition) is 1. The first-order chi connectivity index (χ1) is 8.54. The average molecular weight is 317 g/mol. The summed E-state index contributed by atoms with van der Waals surface area (Å²) >= 11 is 5.54. The number of hydrogen-bond acceptors (Lipinski definition) is 3. The Morgan fingerprint density at radius 3 is 2.37 bits per heavy atom. The van der Waals surface area contributed by atoms with E-state index in [9.17, 15) is 26.4 Å².